The minimum atomic E-state index is 0.511. The van der Waals surface area contributed by atoms with E-state index in [1.165, 1.54) is 35.0 Å². The minimum Gasteiger partial charge on any atom is -0.382 e. The highest BCUT2D eigenvalue weighted by atomic mass is 79.9. The fraction of sp³-hybridized carbons (Fsp3) is 0.571. The molecular weight excluding hydrogens is 262 g/mol. The molecule has 0 aliphatic heterocycles. The van der Waals surface area contributed by atoms with Crippen molar-refractivity contribution in [2.75, 3.05) is 5.32 Å². The Morgan fingerprint density at radius 2 is 2.12 bits per heavy atom. The number of nitrogens with one attached hydrogen (secondary N) is 1. The Hall–Kier alpha value is -0.500. The van der Waals surface area contributed by atoms with Gasteiger partial charge in [0, 0.05) is 16.2 Å². The SMILES string of the molecule is Cc1c(Br)cccc1NC1CCC(C)(C)C1. The first-order valence-electron chi connectivity index (χ1n) is 6.00. The number of rotatable bonds is 2. The Balaban J connectivity index is 2.08. The van der Waals surface area contributed by atoms with Crippen LogP contribution in [-0.4, -0.2) is 6.04 Å². The summed E-state index contributed by atoms with van der Waals surface area (Å²) in [6, 6.07) is 7.01. The van der Waals surface area contributed by atoms with Gasteiger partial charge in [-0.3, -0.25) is 0 Å². The number of halogens is 1. The minimum absolute atomic E-state index is 0.511. The highest BCUT2D eigenvalue weighted by Crippen LogP contribution is 2.38. The lowest BCUT2D eigenvalue weighted by atomic mass is 9.92. The van der Waals surface area contributed by atoms with Crippen LogP contribution in [0.25, 0.3) is 0 Å². The van der Waals surface area contributed by atoms with Crippen LogP contribution in [0.15, 0.2) is 22.7 Å². The summed E-state index contributed by atoms with van der Waals surface area (Å²) in [7, 11) is 0. The maximum Gasteiger partial charge on any atom is 0.0383 e. The number of anilines is 1. The molecule has 16 heavy (non-hydrogen) atoms. The average molecular weight is 282 g/mol. The van der Waals surface area contributed by atoms with Crippen LogP contribution in [0.1, 0.15) is 38.7 Å². The Labute approximate surface area is 107 Å². The maximum atomic E-state index is 3.68. The molecule has 1 unspecified atom stereocenters. The fourth-order valence-corrected chi connectivity index (χ4v) is 2.91. The molecule has 1 atom stereocenters. The molecule has 0 heterocycles. The van der Waals surface area contributed by atoms with Gasteiger partial charge in [-0.15, -0.1) is 0 Å². The molecule has 0 saturated heterocycles. The summed E-state index contributed by atoms with van der Waals surface area (Å²) in [6.45, 7) is 6.89. The first kappa shape index (κ1) is 12.0. The first-order valence-corrected chi connectivity index (χ1v) is 6.79. The van der Waals surface area contributed by atoms with Crippen LogP contribution >= 0.6 is 15.9 Å². The van der Waals surface area contributed by atoms with E-state index < -0.39 is 0 Å². The van der Waals surface area contributed by atoms with Crippen LogP contribution in [-0.2, 0) is 0 Å². The second-order valence-electron chi connectivity index (χ2n) is 5.66. The highest BCUT2D eigenvalue weighted by molar-refractivity contribution is 9.10. The van der Waals surface area contributed by atoms with Gasteiger partial charge in [0.15, 0.2) is 0 Å². The predicted octanol–water partition coefficient (Wildman–Crippen LogP) is 4.75. The molecule has 1 saturated carbocycles. The first-order chi connectivity index (χ1) is 7.48. The molecule has 1 fully saturated rings. The van der Waals surface area contributed by atoms with Crippen molar-refractivity contribution in [3.63, 3.8) is 0 Å². The Bertz CT molecular complexity index is 384. The van der Waals surface area contributed by atoms with Crippen molar-refractivity contribution in [1.82, 2.24) is 0 Å². The van der Waals surface area contributed by atoms with E-state index in [-0.39, 0.29) is 0 Å². The third kappa shape index (κ3) is 2.60. The third-order valence-electron chi connectivity index (χ3n) is 3.60. The lowest BCUT2D eigenvalue weighted by Gasteiger charge is -2.20. The molecule has 1 aliphatic carbocycles. The highest BCUT2D eigenvalue weighted by Gasteiger charge is 2.30. The topological polar surface area (TPSA) is 12.0 Å². The van der Waals surface area contributed by atoms with E-state index in [1.807, 2.05) is 0 Å². The molecule has 1 aliphatic rings. The second kappa shape index (κ2) is 4.40. The van der Waals surface area contributed by atoms with Crippen molar-refractivity contribution in [3.05, 3.63) is 28.2 Å². The van der Waals surface area contributed by atoms with Crippen LogP contribution in [0, 0.1) is 12.3 Å². The van der Waals surface area contributed by atoms with Crippen molar-refractivity contribution >= 4 is 21.6 Å². The Morgan fingerprint density at radius 1 is 1.38 bits per heavy atom. The van der Waals surface area contributed by atoms with Crippen molar-refractivity contribution in [3.8, 4) is 0 Å². The van der Waals surface area contributed by atoms with E-state index in [9.17, 15) is 0 Å². The van der Waals surface area contributed by atoms with Crippen LogP contribution in [0.3, 0.4) is 0 Å². The quantitative estimate of drug-likeness (QED) is 0.825. The van der Waals surface area contributed by atoms with Gasteiger partial charge in [0.1, 0.15) is 0 Å². The maximum absolute atomic E-state index is 3.68. The average Bonchev–Trinajstić information content (AvgIpc) is 2.53. The van der Waals surface area contributed by atoms with Gasteiger partial charge in [0.25, 0.3) is 0 Å². The zero-order valence-electron chi connectivity index (χ0n) is 10.3. The van der Waals surface area contributed by atoms with E-state index in [4.69, 9.17) is 0 Å². The van der Waals surface area contributed by atoms with Gasteiger partial charge in [-0.25, -0.2) is 0 Å². The van der Waals surface area contributed by atoms with Crippen LogP contribution in [0.5, 0.6) is 0 Å². The van der Waals surface area contributed by atoms with E-state index in [0.29, 0.717) is 11.5 Å². The van der Waals surface area contributed by atoms with Crippen molar-refractivity contribution in [2.45, 2.75) is 46.1 Å². The van der Waals surface area contributed by atoms with E-state index in [0.717, 1.165) is 0 Å². The summed E-state index contributed by atoms with van der Waals surface area (Å²) in [6.07, 6.45) is 3.90. The lowest BCUT2D eigenvalue weighted by molar-refractivity contribution is 0.378. The van der Waals surface area contributed by atoms with Gasteiger partial charge < -0.3 is 5.32 Å². The second-order valence-corrected chi connectivity index (χ2v) is 6.52. The zero-order valence-corrected chi connectivity index (χ0v) is 11.9. The molecule has 1 aromatic rings. The van der Waals surface area contributed by atoms with Gasteiger partial charge >= 0.3 is 0 Å². The normalized spacial score (nSPS) is 23.4. The Kier molecular flexibility index (Phi) is 3.29. The molecule has 0 bridgehead atoms. The van der Waals surface area contributed by atoms with Crippen molar-refractivity contribution < 1.29 is 0 Å². The molecule has 88 valence electrons. The standard InChI is InChI=1S/C14H20BrN/c1-10-12(15)5-4-6-13(10)16-11-7-8-14(2,3)9-11/h4-6,11,16H,7-9H2,1-3H3. The van der Waals surface area contributed by atoms with Crippen LogP contribution in [0.2, 0.25) is 0 Å². The number of hydrogen-bond donors (Lipinski definition) is 1. The van der Waals surface area contributed by atoms with Crippen molar-refractivity contribution in [2.24, 2.45) is 5.41 Å². The summed E-state index contributed by atoms with van der Waals surface area (Å²) in [4.78, 5) is 0. The monoisotopic (exact) mass is 281 g/mol. The fourth-order valence-electron chi connectivity index (χ4n) is 2.54. The summed E-state index contributed by atoms with van der Waals surface area (Å²) < 4.78 is 1.19. The molecule has 0 aromatic heterocycles. The van der Waals surface area contributed by atoms with E-state index in [2.05, 4.69) is 60.2 Å². The summed E-state index contributed by atoms with van der Waals surface area (Å²) in [5.74, 6) is 0. The summed E-state index contributed by atoms with van der Waals surface area (Å²) in [5.41, 5.74) is 3.10. The van der Waals surface area contributed by atoms with Gasteiger partial charge in [0.2, 0.25) is 0 Å². The number of hydrogen-bond acceptors (Lipinski definition) is 1. The zero-order chi connectivity index (χ0) is 11.8. The van der Waals surface area contributed by atoms with E-state index in [1.54, 1.807) is 0 Å². The summed E-state index contributed by atoms with van der Waals surface area (Å²) in [5, 5.41) is 3.68. The number of benzene rings is 1. The van der Waals surface area contributed by atoms with E-state index >= 15 is 0 Å². The molecule has 2 heteroatoms. The van der Waals surface area contributed by atoms with Gasteiger partial charge in [-0.2, -0.15) is 0 Å². The molecule has 2 rings (SSSR count). The molecule has 0 amide bonds. The van der Waals surface area contributed by atoms with Gasteiger partial charge in [0.05, 0.1) is 0 Å². The molecule has 0 spiro atoms. The van der Waals surface area contributed by atoms with Crippen LogP contribution < -0.4 is 5.32 Å². The third-order valence-corrected chi connectivity index (χ3v) is 4.45. The molecule has 1 aromatic carbocycles. The molecule has 0 radical (unpaired) electrons. The van der Waals surface area contributed by atoms with Gasteiger partial charge in [-0.05, 0) is 49.3 Å². The predicted molar refractivity (Wildman–Crippen MR) is 73.9 cm³/mol. The Morgan fingerprint density at radius 3 is 2.75 bits per heavy atom. The smallest absolute Gasteiger partial charge is 0.0383 e. The summed E-state index contributed by atoms with van der Waals surface area (Å²) >= 11 is 3.58. The molecule has 1 N–H and O–H groups in total. The molecular formula is C14H20BrN. The lowest BCUT2D eigenvalue weighted by Crippen LogP contribution is -2.18. The van der Waals surface area contributed by atoms with Gasteiger partial charge in [-0.1, -0.05) is 35.8 Å². The van der Waals surface area contributed by atoms with Crippen LogP contribution in [0.4, 0.5) is 5.69 Å². The largest absolute Gasteiger partial charge is 0.382 e. The van der Waals surface area contributed by atoms with Crippen molar-refractivity contribution in [1.29, 1.82) is 0 Å². The molecule has 1 nitrogen and oxygen atoms in total.